The van der Waals surface area contributed by atoms with E-state index < -0.39 is 0 Å². The van der Waals surface area contributed by atoms with Crippen molar-refractivity contribution in [3.8, 4) is 0 Å². The van der Waals surface area contributed by atoms with E-state index in [1.807, 2.05) is 0 Å². The Hall–Kier alpha value is -0.0800. The van der Waals surface area contributed by atoms with Crippen LogP contribution in [0.4, 0.5) is 0 Å². The summed E-state index contributed by atoms with van der Waals surface area (Å²) in [5.74, 6) is 0. The minimum absolute atomic E-state index is 0.420. The molecule has 0 aromatic heterocycles. The lowest BCUT2D eigenvalue weighted by atomic mass is 9.84. The van der Waals surface area contributed by atoms with E-state index >= 15 is 0 Å². The van der Waals surface area contributed by atoms with Crippen molar-refractivity contribution in [3.63, 3.8) is 0 Å². The first-order chi connectivity index (χ1) is 7.43. The van der Waals surface area contributed by atoms with Crippen LogP contribution in [0.1, 0.15) is 60.3 Å². The molecule has 0 fully saturated rings. The van der Waals surface area contributed by atoms with Crippen LogP contribution in [-0.4, -0.2) is 30.6 Å². The summed E-state index contributed by atoms with van der Waals surface area (Å²) >= 11 is 0. The van der Waals surface area contributed by atoms with Gasteiger partial charge < -0.3 is 10.6 Å². The maximum atomic E-state index is 5.63. The number of nitrogens with two attached hydrogens (primary N) is 1. The Bertz CT molecular complexity index is 164. The van der Waals surface area contributed by atoms with Gasteiger partial charge in [-0.3, -0.25) is 0 Å². The second-order valence-electron chi connectivity index (χ2n) is 5.94. The molecule has 16 heavy (non-hydrogen) atoms. The van der Waals surface area contributed by atoms with E-state index in [-0.39, 0.29) is 0 Å². The predicted octanol–water partition coefficient (Wildman–Crippen LogP) is 3.26. The van der Waals surface area contributed by atoms with E-state index in [1.54, 1.807) is 0 Å². The topological polar surface area (TPSA) is 29.3 Å². The summed E-state index contributed by atoms with van der Waals surface area (Å²) in [5.41, 5.74) is 6.05. The van der Waals surface area contributed by atoms with Crippen LogP contribution in [0.15, 0.2) is 0 Å². The smallest absolute Gasteiger partial charge is 0.00385 e. The molecule has 0 aliphatic heterocycles. The van der Waals surface area contributed by atoms with E-state index in [4.69, 9.17) is 5.73 Å². The van der Waals surface area contributed by atoms with Gasteiger partial charge in [-0.1, -0.05) is 20.8 Å². The Balaban J connectivity index is 3.84. The molecule has 2 heteroatoms. The Morgan fingerprint density at radius 2 is 1.75 bits per heavy atom. The third-order valence-electron chi connectivity index (χ3n) is 3.36. The Morgan fingerprint density at radius 3 is 2.19 bits per heavy atom. The summed E-state index contributed by atoms with van der Waals surface area (Å²) in [6.07, 6.45) is 4.98. The van der Waals surface area contributed by atoms with Crippen LogP contribution in [0.2, 0.25) is 0 Å². The quantitative estimate of drug-likeness (QED) is 0.656. The molecule has 0 spiro atoms. The summed E-state index contributed by atoms with van der Waals surface area (Å²) in [7, 11) is 0. The molecule has 0 aromatic rings. The van der Waals surface area contributed by atoms with E-state index in [0.29, 0.717) is 11.5 Å². The lowest BCUT2D eigenvalue weighted by Gasteiger charge is -2.29. The average Bonchev–Trinajstić information content (AvgIpc) is 2.15. The van der Waals surface area contributed by atoms with Crippen LogP contribution in [0.5, 0.6) is 0 Å². The second kappa shape index (κ2) is 8.08. The van der Waals surface area contributed by atoms with Crippen molar-refractivity contribution < 1.29 is 0 Å². The first kappa shape index (κ1) is 15.9. The molecule has 0 rings (SSSR count). The van der Waals surface area contributed by atoms with Crippen LogP contribution >= 0.6 is 0 Å². The van der Waals surface area contributed by atoms with E-state index in [2.05, 4.69) is 39.5 Å². The first-order valence-corrected chi connectivity index (χ1v) is 6.87. The van der Waals surface area contributed by atoms with E-state index in [1.165, 1.54) is 32.4 Å². The largest absolute Gasteiger partial charge is 0.330 e. The van der Waals surface area contributed by atoms with Gasteiger partial charge in [0.2, 0.25) is 0 Å². The van der Waals surface area contributed by atoms with Gasteiger partial charge in [0.05, 0.1) is 0 Å². The maximum Gasteiger partial charge on any atom is 0.00385 e. The van der Waals surface area contributed by atoms with Gasteiger partial charge in [0, 0.05) is 6.04 Å². The van der Waals surface area contributed by atoms with Gasteiger partial charge in [-0.15, -0.1) is 0 Å². The highest BCUT2D eigenvalue weighted by Gasteiger charge is 2.17. The standard InChI is InChI=1S/C14H32N2/c1-6-11-16(13(2)3)12-7-8-14(4,5)9-10-15/h13H,6-12,15H2,1-5H3. The van der Waals surface area contributed by atoms with Crippen LogP contribution in [0, 0.1) is 5.41 Å². The van der Waals surface area contributed by atoms with Crippen molar-refractivity contribution in [1.29, 1.82) is 0 Å². The van der Waals surface area contributed by atoms with Crippen molar-refractivity contribution in [1.82, 2.24) is 4.90 Å². The SMILES string of the molecule is CCCN(CCCC(C)(C)CCN)C(C)C. The molecule has 0 saturated carbocycles. The summed E-state index contributed by atoms with van der Waals surface area (Å²) in [6.45, 7) is 14.8. The van der Waals surface area contributed by atoms with Gasteiger partial charge in [-0.25, -0.2) is 0 Å². The minimum atomic E-state index is 0.420. The number of hydrogen-bond donors (Lipinski definition) is 1. The molecule has 0 saturated heterocycles. The van der Waals surface area contributed by atoms with Gasteiger partial charge in [-0.05, 0) is 64.6 Å². The number of rotatable bonds is 9. The molecule has 2 nitrogen and oxygen atoms in total. The number of hydrogen-bond acceptors (Lipinski definition) is 2. The fourth-order valence-corrected chi connectivity index (χ4v) is 2.19. The highest BCUT2D eigenvalue weighted by molar-refractivity contribution is 4.71. The third kappa shape index (κ3) is 7.24. The zero-order valence-electron chi connectivity index (χ0n) is 12.1. The zero-order chi connectivity index (χ0) is 12.6. The van der Waals surface area contributed by atoms with E-state index in [0.717, 1.165) is 13.0 Å². The van der Waals surface area contributed by atoms with Crippen molar-refractivity contribution >= 4 is 0 Å². The van der Waals surface area contributed by atoms with Crippen molar-refractivity contribution in [3.05, 3.63) is 0 Å². The van der Waals surface area contributed by atoms with Gasteiger partial charge in [0.15, 0.2) is 0 Å². The molecule has 98 valence electrons. The Kier molecular flexibility index (Phi) is 8.04. The molecule has 0 amide bonds. The van der Waals surface area contributed by atoms with Gasteiger partial charge in [-0.2, -0.15) is 0 Å². The minimum Gasteiger partial charge on any atom is -0.330 e. The normalized spacial score (nSPS) is 12.8. The van der Waals surface area contributed by atoms with Gasteiger partial charge in [0.25, 0.3) is 0 Å². The molecular formula is C14H32N2. The summed E-state index contributed by atoms with van der Waals surface area (Å²) in [5, 5.41) is 0. The lowest BCUT2D eigenvalue weighted by Crippen LogP contribution is -2.33. The van der Waals surface area contributed by atoms with Gasteiger partial charge >= 0.3 is 0 Å². The molecule has 0 aromatic carbocycles. The summed E-state index contributed by atoms with van der Waals surface area (Å²) < 4.78 is 0. The van der Waals surface area contributed by atoms with Crippen LogP contribution in [0.25, 0.3) is 0 Å². The highest BCUT2D eigenvalue weighted by Crippen LogP contribution is 2.26. The third-order valence-corrected chi connectivity index (χ3v) is 3.36. The molecule has 0 atom stereocenters. The van der Waals surface area contributed by atoms with Crippen molar-refractivity contribution in [2.24, 2.45) is 11.1 Å². The molecule has 0 aliphatic carbocycles. The monoisotopic (exact) mass is 228 g/mol. The van der Waals surface area contributed by atoms with Crippen molar-refractivity contribution in [2.75, 3.05) is 19.6 Å². The lowest BCUT2D eigenvalue weighted by molar-refractivity contribution is 0.199. The fraction of sp³-hybridized carbons (Fsp3) is 1.00. The Morgan fingerprint density at radius 1 is 1.12 bits per heavy atom. The molecular weight excluding hydrogens is 196 g/mol. The molecule has 0 unspecified atom stereocenters. The fourth-order valence-electron chi connectivity index (χ4n) is 2.19. The van der Waals surface area contributed by atoms with Crippen molar-refractivity contribution in [2.45, 2.75) is 66.3 Å². The highest BCUT2D eigenvalue weighted by atomic mass is 15.1. The Labute approximate surface area is 103 Å². The molecule has 0 aliphatic rings. The first-order valence-electron chi connectivity index (χ1n) is 6.87. The molecule has 0 bridgehead atoms. The van der Waals surface area contributed by atoms with Crippen LogP contribution in [-0.2, 0) is 0 Å². The van der Waals surface area contributed by atoms with Crippen LogP contribution in [0.3, 0.4) is 0 Å². The second-order valence-corrected chi connectivity index (χ2v) is 5.94. The zero-order valence-corrected chi connectivity index (χ0v) is 12.1. The molecule has 0 radical (unpaired) electrons. The summed E-state index contributed by atoms with van der Waals surface area (Å²) in [4.78, 5) is 2.58. The predicted molar refractivity (Wildman–Crippen MR) is 73.7 cm³/mol. The van der Waals surface area contributed by atoms with Crippen LogP contribution < -0.4 is 5.73 Å². The molecule has 0 heterocycles. The van der Waals surface area contributed by atoms with Gasteiger partial charge in [0.1, 0.15) is 0 Å². The number of nitrogens with zero attached hydrogens (tertiary/aromatic N) is 1. The molecule has 2 N–H and O–H groups in total. The maximum absolute atomic E-state index is 5.63. The average molecular weight is 228 g/mol. The van der Waals surface area contributed by atoms with E-state index in [9.17, 15) is 0 Å². The summed E-state index contributed by atoms with van der Waals surface area (Å²) in [6, 6.07) is 0.678.